The Hall–Kier alpha value is -3.32. The van der Waals surface area contributed by atoms with Gasteiger partial charge in [-0.05, 0) is 37.3 Å². The molecule has 4 rings (SSSR count). The van der Waals surface area contributed by atoms with Crippen molar-refractivity contribution in [2.45, 2.75) is 31.7 Å². The van der Waals surface area contributed by atoms with Gasteiger partial charge in [0.25, 0.3) is 0 Å². The molecule has 2 aromatic heterocycles. The van der Waals surface area contributed by atoms with Crippen LogP contribution in [0.5, 0.6) is 0 Å². The lowest BCUT2D eigenvalue weighted by atomic mass is 10.0. The van der Waals surface area contributed by atoms with Crippen LogP contribution in [0.3, 0.4) is 0 Å². The zero-order valence-electron chi connectivity index (χ0n) is 15.1. The Labute approximate surface area is 158 Å². The van der Waals surface area contributed by atoms with Crippen LogP contribution in [0.25, 0.3) is 11.0 Å². The number of anilines is 1. The summed E-state index contributed by atoms with van der Waals surface area (Å²) in [5, 5.41) is 13.3. The second-order valence-corrected chi connectivity index (χ2v) is 6.81. The molecule has 134 valence electrons. The Balaban J connectivity index is 1.38. The Bertz CT molecular complexity index is 1020. The van der Waals surface area contributed by atoms with Crippen LogP contribution in [-0.4, -0.2) is 11.0 Å². The zero-order chi connectivity index (χ0) is 18.5. The van der Waals surface area contributed by atoms with Gasteiger partial charge in [0.2, 0.25) is 5.76 Å². The molecule has 0 aliphatic heterocycles. The van der Waals surface area contributed by atoms with E-state index in [2.05, 4.69) is 58.9 Å². The van der Waals surface area contributed by atoms with Crippen LogP contribution in [0.1, 0.15) is 30.6 Å². The highest BCUT2D eigenvalue weighted by molar-refractivity contribution is 5.80. The molecule has 1 unspecified atom stereocenters. The lowest BCUT2D eigenvalue weighted by molar-refractivity contribution is 0.598. The number of hydrogen-bond donors (Lipinski definition) is 1. The van der Waals surface area contributed by atoms with E-state index < -0.39 is 0 Å². The maximum Gasteiger partial charge on any atom is 0.204 e. The zero-order valence-corrected chi connectivity index (χ0v) is 15.1. The first-order valence-electron chi connectivity index (χ1n) is 9.26. The third kappa shape index (κ3) is 4.27. The van der Waals surface area contributed by atoms with Gasteiger partial charge in [0.1, 0.15) is 11.9 Å². The van der Waals surface area contributed by atoms with E-state index in [-0.39, 0.29) is 0 Å². The van der Waals surface area contributed by atoms with Crippen LogP contribution >= 0.6 is 0 Å². The first-order chi connectivity index (χ1) is 13.3. The number of allylic oxidation sites excluding steroid dienone is 2. The Morgan fingerprint density at radius 3 is 2.89 bits per heavy atom. The monoisotopic (exact) mass is 355 g/mol. The molecule has 4 nitrogen and oxygen atoms in total. The molecular weight excluding hydrogens is 334 g/mol. The number of furan rings is 1. The largest absolute Gasteiger partial charge is 0.444 e. The quantitative estimate of drug-likeness (QED) is 0.666. The third-order valence-corrected chi connectivity index (χ3v) is 4.83. The molecule has 4 heteroatoms. The van der Waals surface area contributed by atoms with Crippen molar-refractivity contribution in [1.82, 2.24) is 4.98 Å². The molecular formula is C23H21N3O. The fourth-order valence-corrected chi connectivity index (χ4v) is 3.37. The molecule has 3 aromatic rings. The van der Waals surface area contributed by atoms with Crippen molar-refractivity contribution in [3.63, 3.8) is 0 Å². The number of fused-ring (bicyclic) bond motifs is 1. The Morgan fingerprint density at radius 2 is 2.04 bits per heavy atom. The minimum atomic E-state index is 0.308. The van der Waals surface area contributed by atoms with Gasteiger partial charge in [-0.3, -0.25) is 0 Å². The second kappa shape index (κ2) is 7.92. The van der Waals surface area contributed by atoms with E-state index in [1.807, 2.05) is 12.1 Å². The highest BCUT2D eigenvalue weighted by Crippen LogP contribution is 2.23. The van der Waals surface area contributed by atoms with Gasteiger partial charge in [0.05, 0.1) is 6.20 Å². The molecule has 27 heavy (non-hydrogen) atoms. The average Bonchev–Trinajstić information content (AvgIpc) is 2.99. The summed E-state index contributed by atoms with van der Waals surface area (Å²) < 4.78 is 5.39. The van der Waals surface area contributed by atoms with Gasteiger partial charge in [-0.1, -0.05) is 54.1 Å². The minimum Gasteiger partial charge on any atom is -0.444 e. The van der Waals surface area contributed by atoms with E-state index in [9.17, 15) is 0 Å². The smallest absolute Gasteiger partial charge is 0.204 e. The van der Waals surface area contributed by atoms with Crippen molar-refractivity contribution >= 4 is 16.8 Å². The lowest BCUT2D eigenvalue weighted by Crippen LogP contribution is -2.18. The van der Waals surface area contributed by atoms with Crippen molar-refractivity contribution in [3.05, 3.63) is 83.8 Å². The van der Waals surface area contributed by atoms with E-state index in [1.54, 1.807) is 12.3 Å². The summed E-state index contributed by atoms with van der Waals surface area (Å²) in [5.74, 6) is 1.12. The molecule has 1 N–H and O–H groups in total. The summed E-state index contributed by atoms with van der Waals surface area (Å²) in [6.07, 6.45) is 12.5. The molecule has 1 aliphatic carbocycles. The molecule has 2 heterocycles. The molecule has 0 saturated carbocycles. The number of aromatic nitrogens is 1. The van der Waals surface area contributed by atoms with Gasteiger partial charge in [0.15, 0.2) is 5.58 Å². The maximum atomic E-state index is 8.95. The predicted molar refractivity (Wildman–Crippen MR) is 107 cm³/mol. The summed E-state index contributed by atoms with van der Waals surface area (Å²) in [6.45, 7) is 0. The topological polar surface area (TPSA) is 61.9 Å². The standard InChI is InChI=1S/C23H21N3O/c24-15-21-13-19-14-23(25-16-22(19)27-21)26-20-8-4-7-18(11-12-20)10-9-17-5-2-1-3-6-17/h1-7,11,13-14,16,20H,8-10,12H2,(H,25,26). The minimum absolute atomic E-state index is 0.308. The van der Waals surface area contributed by atoms with E-state index in [0.29, 0.717) is 17.4 Å². The number of benzene rings is 1. The van der Waals surface area contributed by atoms with Gasteiger partial charge < -0.3 is 9.73 Å². The van der Waals surface area contributed by atoms with Crippen molar-refractivity contribution in [1.29, 1.82) is 5.26 Å². The van der Waals surface area contributed by atoms with E-state index in [4.69, 9.17) is 9.68 Å². The SMILES string of the molecule is N#Cc1cc2cc(NC3CC=CC(CCc4ccccc4)=CC3)ncc2o1. The van der Waals surface area contributed by atoms with Crippen molar-refractivity contribution < 1.29 is 4.42 Å². The van der Waals surface area contributed by atoms with Crippen molar-refractivity contribution in [3.8, 4) is 6.07 Å². The van der Waals surface area contributed by atoms with Gasteiger partial charge in [-0.15, -0.1) is 0 Å². The highest BCUT2D eigenvalue weighted by atomic mass is 16.3. The summed E-state index contributed by atoms with van der Waals surface area (Å²) in [5.41, 5.74) is 3.40. The highest BCUT2D eigenvalue weighted by Gasteiger charge is 2.11. The molecule has 0 amide bonds. The van der Waals surface area contributed by atoms with Crippen LogP contribution in [0, 0.1) is 11.3 Å². The number of nitrogens with one attached hydrogen (secondary N) is 1. The molecule has 0 radical (unpaired) electrons. The molecule has 1 aliphatic rings. The first-order valence-corrected chi connectivity index (χ1v) is 9.26. The van der Waals surface area contributed by atoms with Crippen LogP contribution < -0.4 is 5.32 Å². The predicted octanol–water partition coefficient (Wildman–Crippen LogP) is 5.39. The lowest BCUT2D eigenvalue weighted by Gasteiger charge is -2.15. The number of nitriles is 1. The number of nitrogens with zero attached hydrogens (tertiary/aromatic N) is 2. The summed E-state index contributed by atoms with van der Waals surface area (Å²) in [7, 11) is 0. The molecule has 0 fully saturated rings. The van der Waals surface area contributed by atoms with Gasteiger partial charge >= 0.3 is 0 Å². The van der Waals surface area contributed by atoms with Gasteiger partial charge in [-0.2, -0.15) is 5.26 Å². The Morgan fingerprint density at radius 1 is 1.15 bits per heavy atom. The normalized spacial score (nSPS) is 16.6. The molecule has 1 aromatic carbocycles. The number of hydrogen-bond acceptors (Lipinski definition) is 4. The number of aryl methyl sites for hydroxylation is 1. The van der Waals surface area contributed by atoms with Crippen LogP contribution in [-0.2, 0) is 6.42 Å². The van der Waals surface area contributed by atoms with E-state index in [0.717, 1.165) is 36.9 Å². The van der Waals surface area contributed by atoms with Crippen molar-refractivity contribution in [2.24, 2.45) is 0 Å². The van der Waals surface area contributed by atoms with Crippen LogP contribution in [0.2, 0.25) is 0 Å². The molecule has 0 spiro atoms. The first kappa shape index (κ1) is 17.1. The summed E-state index contributed by atoms with van der Waals surface area (Å²) >= 11 is 0. The fraction of sp³-hybridized carbons (Fsp3) is 0.217. The van der Waals surface area contributed by atoms with Gasteiger partial charge in [0, 0.05) is 17.5 Å². The molecule has 1 atom stereocenters. The summed E-state index contributed by atoms with van der Waals surface area (Å²) in [6, 6.07) is 16.6. The van der Waals surface area contributed by atoms with Crippen LogP contribution in [0.15, 0.2) is 76.9 Å². The van der Waals surface area contributed by atoms with E-state index >= 15 is 0 Å². The fourth-order valence-electron chi connectivity index (χ4n) is 3.37. The maximum absolute atomic E-state index is 8.95. The van der Waals surface area contributed by atoms with E-state index in [1.165, 1.54) is 11.1 Å². The third-order valence-electron chi connectivity index (χ3n) is 4.83. The van der Waals surface area contributed by atoms with Crippen LogP contribution in [0.4, 0.5) is 5.82 Å². The number of rotatable bonds is 5. The van der Waals surface area contributed by atoms with Gasteiger partial charge in [-0.25, -0.2) is 4.98 Å². The molecule has 0 saturated heterocycles. The Kier molecular flexibility index (Phi) is 5.02. The number of pyridine rings is 1. The van der Waals surface area contributed by atoms with Crippen molar-refractivity contribution in [2.75, 3.05) is 5.32 Å². The second-order valence-electron chi connectivity index (χ2n) is 6.81. The average molecular weight is 355 g/mol. The molecule has 0 bridgehead atoms. The summed E-state index contributed by atoms with van der Waals surface area (Å²) in [4.78, 5) is 4.42.